The van der Waals surface area contributed by atoms with Gasteiger partial charge >= 0.3 is 5.97 Å². The third-order valence-corrected chi connectivity index (χ3v) is 4.76. The molecule has 0 saturated heterocycles. The van der Waals surface area contributed by atoms with Crippen LogP contribution in [0.25, 0.3) is 6.08 Å². The molecule has 3 heteroatoms. The standard InChI is InChI=1S/C21H32O3/c1-7-11-20(3,4)16-13-15(9-10-18(22)23)14-17(19(16)24)21(5,6)12-8-2/h9-10,13-14,24H,7-8,11-12H2,1-6H3,(H,22,23). The number of hydrogen-bond acceptors (Lipinski definition) is 2. The first-order valence-electron chi connectivity index (χ1n) is 8.84. The lowest BCUT2D eigenvalue weighted by Crippen LogP contribution is -2.22. The number of aromatic hydroxyl groups is 1. The van der Waals surface area contributed by atoms with E-state index in [-0.39, 0.29) is 10.8 Å². The van der Waals surface area contributed by atoms with Crippen LogP contribution in [-0.2, 0) is 15.6 Å². The quantitative estimate of drug-likeness (QED) is 0.605. The Bertz CT molecular complexity index is 571. The fourth-order valence-corrected chi connectivity index (χ4v) is 3.47. The summed E-state index contributed by atoms with van der Waals surface area (Å²) in [5, 5.41) is 19.9. The zero-order valence-corrected chi connectivity index (χ0v) is 15.9. The van der Waals surface area contributed by atoms with Crippen LogP contribution >= 0.6 is 0 Å². The third-order valence-electron chi connectivity index (χ3n) is 4.76. The summed E-state index contributed by atoms with van der Waals surface area (Å²) in [6, 6.07) is 3.85. The lowest BCUT2D eigenvalue weighted by Gasteiger charge is -2.32. The number of hydrogen-bond donors (Lipinski definition) is 2. The van der Waals surface area contributed by atoms with Crippen LogP contribution in [0.4, 0.5) is 0 Å². The average molecular weight is 332 g/mol. The molecule has 1 aromatic carbocycles. The van der Waals surface area contributed by atoms with Gasteiger partial charge in [0.25, 0.3) is 0 Å². The minimum absolute atomic E-state index is 0.164. The van der Waals surface area contributed by atoms with Crippen molar-refractivity contribution in [3.05, 3.63) is 34.9 Å². The maximum atomic E-state index is 11.0. The van der Waals surface area contributed by atoms with Gasteiger partial charge in [-0.05, 0) is 47.4 Å². The van der Waals surface area contributed by atoms with Crippen molar-refractivity contribution in [2.75, 3.05) is 0 Å². The number of aliphatic carboxylic acids is 1. The fourth-order valence-electron chi connectivity index (χ4n) is 3.47. The molecule has 0 aliphatic rings. The van der Waals surface area contributed by atoms with Gasteiger partial charge in [-0.25, -0.2) is 4.79 Å². The van der Waals surface area contributed by atoms with E-state index in [2.05, 4.69) is 41.5 Å². The van der Waals surface area contributed by atoms with Crippen LogP contribution < -0.4 is 0 Å². The molecule has 1 rings (SSSR count). The van der Waals surface area contributed by atoms with E-state index in [0.29, 0.717) is 5.75 Å². The minimum atomic E-state index is -0.966. The van der Waals surface area contributed by atoms with Gasteiger partial charge in [0.1, 0.15) is 5.75 Å². The topological polar surface area (TPSA) is 57.5 Å². The summed E-state index contributed by atoms with van der Waals surface area (Å²) < 4.78 is 0. The Morgan fingerprint density at radius 3 is 1.75 bits per heavy atom. The Morgan fingerprint density at radius 1 is 1.00 bits per heavy atom. The highest BCUT2D eigenvalue weighted by molar-refractivity contribution is 5.85. The molecule has 0 saturated carbocycles. The van der Waals surface area contributed by atoms with E-state index in [1.165, 1.54) is 0 Å². The largest absolute Gasteiger partial charge is 0.507 e. The number of carbonyl (C=O) groups is 1. The van der Waals surface area contributed by atoms with Crippen LogP contribution in [0.2, 0.25) is 0 Å². The van der Waals surface area contributed by atoms with Gasteiger partial charge in [-0.1, -0.05) is 54.4 Å². The first-order chi connectivity index (χ1) is 11.0. The molecule has 2 N–H and O–H groups in total. The van der Waals surface area contributed by atoms with E-state index in [1.807, 2.05) is 12.1 Å². The van der Waals surface area contributed by atoms with Crippen LogP contribution in [0.15, 0.2) is 18.2 Å². The van der Waals surface area contributed by atoms with Crippen molar-refractivity contribution >= 4 is 12.0 Å². The smallest absolute Gasteiger partial charge is 0.328 e. The van der Waals surface area contributed by atoms with Crippen molar-refractivity contribution in [2.45, 2.75) is 78.1 Å². The molecular formula is C21H32O3. The number of carboxylic acid groups (broad SMARTS) is 1. The number of phenolic OH excluding ortho intramolecular Hbond substituents is 1. The highest BCUT2D eigenvalue weighted by Gasteiger charge is 2.30. The molecular weight excluding hydrogens is 300 g/mol. The van der Waals surface area contributed by atoms with Gasteiger partial charge < -0.3 is 10.2 Å². The van der Waals surface area contributed by atoms with Gasteiger partial charge in [-0.2, -0.15) is 0 Å². The summed E-state index contributed by atoms with van der Waals surface area (Å²) in [5.74, 6) is -0.605. The molecule has 0 amide bonds. The molecule has 0 heterocycles. The molecule has 3 nitrogen and oxygen atoms in total. The summed E-state index contributed by atoms with van der Waals surface area (Å²) in [4.78, 5) is 10.9. The Balaban J connectivity index is 3.58. The molecule has 0 bridgehead atoms. The monoisotopic (exact) mass is 332 g/mol. The molecule has 0 aliphatic carbocycles. The van der Waals surface area contributed by atoms with Gasteiger partial charge in [0.2, 0.25) is 0 Å². The van der Waals surface area contributed by atoms with Crippen molar-refractivity contribution in [3.8, 4) is 5.75 Å². The highest BCUT2D eigenvalue weighted by Crippen LogP contribution is 2.43. The van der Waals surface area contributed by atoms with Gasteiger partial charge in [-0.15, -0.1) is 0 Å². The maximum Gasteiger partial charge on any atom is 0.328 e. The maximum absolute atomic E-state index is 11.0. The Hall–Kier alpha value is -1.77. The van der Waals surface area contributed by atoms with Crippen molar-refractivity contribution in [1.82, 2.24) is 0 Å². The van der Waals surface area contributed by atoms with E-state index < -0.39 is 5.97 Å². The molecule has 0 aromatic heterocycles. The summed E-state index contributed by atoms with van der Waals surface area (Å²) in [6.07, 6.45) is 6.73. The van der Waals surface area contributed by atoms with Crippen molar-refractivity contribution < 1.29 is 15.0 Å². The Morgan fingerprint density at radius 2 is 1.42 bits per heavy atom. The molecule has 0 spiro atoms. The first kappa shape index (κ1) is 20.3. The zero-order chi connectivity index (χ0) is 18.5. The van der Waals surface area contributed by atoms with Crippen LogP contribution in [0.1, 0.15) is 83.9 Å². The number of rotatable bonds is 8. The Labute approximate surface area is 146 Å². The number of phenols is 1. The van der Waals surface area contributed by atoms with E-state index in [0.717, 1.165) is 48.4 Å². The Kier molecular flexibility index (Phi) is 6.65. The molecule has 134 valence electrons. The molecule has 0 atom stereocenters. The van der Waals surface area contributed by atoms with Crippen LogP contribution in [0.3, 0.4) is 0 Å². The second-order valence-corrected chi connectivity index (χ2v) is 7.90. The zero-order valence-electron chi connectivity index (χ0n) is 15.9. The van der Waals surface area contributed by atoms with Crippen molar-refractivity contribution in [3.63, 3.8) is 0 Å². The van der Waals surface area contributed by atoms with Crippen molar-refractivity contribution in [1.29, 1.82) is 0 Å². The van der Waals surface area contributed by atoms with Gasteiger partial charge in [-0.3, -0.25) is 0 Å². The fraction of sp³-hybridized carbons (Fsp3) is 0.571. The van der Waals surface area contributed by atoms with Gasteiger partial charge in [0, 0.05) is 17.2 Å². The second kappa shape index (κ2) is 7.87. The van der Waals surface area contributed by atoms with Crippen LogP contribution in [0.5, 0.6) is 5.75 Å². The predicted octanol–water partition coefficient (Wildman–Crippen LogP) is 5.65. The highest BCUT2D eigenvalue weighted by atomic mass is 16.4. The minimum Gasteiger partial charge on any atom is -0.507 e. The lowest BCUT2D eigenvalue weighted by molar-refractivity contribution is -0.131. The van der Waals surface area contributed by atoms with E-state index >= 15 is 0 Å². The SMILES string of the molecule is CCCC(C)(C)c1cc(C=CC(=O)O)cc(C(C)(C)CCC)c1O. The van der Waals surface area contributed by atoms with Crippen molar-refractivity contribution in [2.24, 2.45) is 0 Å². The molecule has 0 unspecified atom stereocenters. The summed E-state index contributed by atoms with van der Waals surface area (Å²) in [6.45, 7) is 12.8. The summed E-state index contributed by atoms with van der Waals surface area (Å²) in [5.41, 5.74) is 2.30. The lowest BCUT2D eigenvalue weighted by atomic mass is 9.73. The first-order valence-corrected chi connectivity index (χ1v) is 8.84. The third kappa shape index (κ3) is 4.86. The normalized spacial score (nSPS) is 12.8. The van der Waals surface area contributed by atoms with Gasteiger partial charge in [0.05, 0.1) is 0 Å². The molecule has 0 radical (unpaired) electrons. The van der Waals surface area contributed by atoms with Crippen LogP contribution in [0, 0.1) is 0 Å². The molecule has 24 heavy (non-hydrogen) atoms. The molecule has 0 aliphatic heterocycles. The number of benzene rings is 1. The molecule has 0 fully saturated rings. The summed E-state index contributed by atoms with van der Waals surface area (Å²) in [7, 11) is 0. The predicted molar refractivity (Wildman–Crippen MR) is 101 cm³/mol. The number of carboxylic acids is 1. The summed E-state index contributed by atoms with van der Waals surface area (Å²) >= 11 is 0. The van der Waals surface area contributed by atoms with E-state index in [1.54, 1.807) is 6.08 Å². The average Bonchev–Trinajstić information content (AvgIpc) is 2.45. The second-order valence-electron chi connectivity index (χ2n) is 7.90. The van der Waals surface area contributed by atoms with E-state index in [4.69, 9.17) is 5.11 Å². The molecule has 1 aromatic rings. The van der Waals surface area contributed by atoms with Gasteiger partial charge in [0.15, 0.2) is 0 Å². The van der Waals surface area contributed by atoms with Crippen LogP contribution in [-0.4, -0.2) is 16.2 Å². The van der Waals surface area contributed by atoms with E-state index in [9.17, 15) is 9.90 Å².